The number of methoxy groups -OCH3 is 1. The molecule has 2 heterocycles. The number of nitrogens with zero attached hydrogens (tertiary/aromatic N) is 3. The van der Waals surface area contributed by atoms with E-state index in [0.717, 1.165) is 44.3 Å². The van der Waals surface area contributed by atoms with Crippen molar-refractivity contribution in [2.24, 2.45) is 0 Å². The van der Waals surface area contributed by atoms with E-state index >= 15 is 0 Å². The second-order valence-electron chi connectivity index (χ2n) is 7.04. The summed E-state index contributed by atoms with van der Waals surface area (Å²) in [5.74, 6) is 0. The Hall–Kier alpha value is -1.95. The molecule has 1 aliphatic rings. The van der Waals surface area contributed by atoms with Gasteiger partial charge in [-0.2, -0.15) is 0 Å². The van der Waals surface area contributed by atoms with Crippen molar-refractivity contribution >= 4 is 26.7 Å². The Balaban J connectivity index is 1.40. The Morgan fingerprint density at radius 1 is 1.04 bits per heavy atom. The van der Waals surface area contributed by atoms with E-state index < -0.39 is 0 Å². The van der Waals surface area contributed by atoms with Crippen molar-refractivity contribution in [1.29, 1.82) is 0 Å². The van der Waals surface area contributed by atoms with E-state index in [9.17, 15) is 0 Å². The molecule has 1 fully saturated rings. The van der Waals surface area contributed by atoms with Gasteiger partial charge in [-0.25, -0.2) is 4.98 Å². The van der Waals surface area contributed by atoms with Crippen molar-refractivity contribution in [2.75, 3.05) is 44.7 Å². The Bertz CT molecular complexity index is 872. The largest absolute Gasteiger partial charge is 0.375 e. The monoisotopic (exact) mass is 381 g/mol. The van der Waals surface area contributed by atoms with Gasteiger partial charge in [-0.1, -0.05) is 60.7 Å². The number of aryl methyl sites for hydroxylation is 1. The molecule has 27 heavy (non-hydrogen) atoms. The van der Waals surface area contributed by atoms with Crippen LogP contribution < -0.4 is 4.90 Å². The summed E-state index contributed by atoms with van der Waals surface area (Å²) in [6.07, 6.45) is 1.17. The minimum absolute atomic E-state index is 0.132. The maximum atomic E-state index is 5.75. The molecule has 0 bridgehead atoms. The minimum Gasteiger partial charge on any atom is -0.375 e. The van der Waals surface area contributed by atoms with Crippen molar-refractivity contribution < 1.29 is 4.74 Å². The van der Waals surface area contributed by atoms with Gasteiger partial charge in [-0.3, -0.25) is 4.90 Å². The lowest BCUT2D eigenvalue weighted by atomic mass is 10.1. The maximum Gasteiger partial charge on any atom is 0.186 e. The summed E-state index contributed by atoms with van der Waals surface area (Å²) < 4.78 is 7.05. The molecule has 0 amide bonds. The molecule has 4 nitrogen and oxygen atoms in total. The van der Waals surface area contributed by atoms with Gasteiger partial charge in [0.05, 0.1) is 16.3 Å². The maximum absolute atomic E-state index is 5.75. The third kappa shape index (κ3) is 4.00. The van der Waals surface area contributed by atoms with Crippen LogP contribution in [0.3, 0.4) is 0 Å². The van der Waals surface area contributed by atoms with Gasteiger partial charge in [0.25, 0.3) is 0 Å². The van der Waals surface area contributed by atoms with Crippen molar-refractivity contribution in [3.63, 3.8) is 0 Å². The highest BCUT2D eigenvalue weighted by molar-refractivity contribution is 7.22. The molecule has 3 aromatic rings. The standard InChI is InChI=1S/C22H27N3OS/c1-3-17-10-7-11-20-21(17)23-22(27-20)25-14-12-24(13-15-25)16-19(26-2)18-8-5-4-6-9-18/h4-11,19H,3,12-16H2,1-2H3. The van der Waals surface area contributed by atoms with Gasteiger partial charge < -0.3 is 9.64 Å². The van der Waals surface area contributed by atoms with Crippen LogP contribution in [0, 0.1) is 0 Å². The van der Waals surface area contributed by atoms with Crippen LogP contribution in [0.5, 0.6) is 0 Å². The molecule has 1 unspecified atom stereocenters. The first-order chi connectivity index (χ1) is 13.3. The smallest absolute Gasteiger partial charge is 0.186 e. The molecule has 1 atom stereocenters. The van der Waals surface area contributed by atoms with E-state index in [1.54, 1.807) is 7.11 Å². The molecule has 5 heteroatoms. The van der Waals surface area contributed by atoms with E-state index in [4.69, 9.17) is 9.72 Å². The van der Waals surface area contributed by atoms with Crippen LogP contribution in [-0.4, -0.2) is 49.7 Å². The molecular formula is C22H27N3OS. The van der Waals surface area contributed by atoms with Crippen LogP contribution in [0.2, 0.25) is 0 Å². The van der Waals surface area contributed by atoms with Crippen LogP contribution in [0.15, 0.2) is 48.5 Å². The predicted octanol–water partition coefficient (Wildman–Crippen LogP) is 4.37. The third-order valence-electron chi connectivity index (χ3n) is 5.39. The first kappa shape index (κ1) is 18.4. The van der Waals surface area contributed by atoms with Gasteiger partial charge in [0.15, 0.2) is 5.13 Å². The zero-order valence-electron chi connectivity index (χ0n) is 16.1. The molecule has 2 aromatic carbocycles. The van der Waals surface area contributed by atoms with Crippen molar-refractivity contribution in [1.82, 2.24) is 9.88 Å². The number of piperazine rings is 1. The van der Waals surface area contributed by atoms with E-state index in [-0.39, 0.29) is 6.10 Å². The molecule has 1 aromatic heterocycles. The molecule has 0 saturated carbocycles. The van der Waals surface area contributed by atoms with Crippen LogP contribution in [-0.2, 0) is 11.2 Å². The lowest BCUT2D eigenvalue weighted by molar-refractivity contribution is 0.0615. The number of aromatic nitrogens is 1. The van der Waals surface area contributed by atoms with Crippen LogP contribution in [0.25, 0.3) is 10.2 Å². The van der Waals surface area contributed by atoms with Crippen LogP contribution in [0.4, 0.5) is 5.13 Å². The summed E-state index contributed by atoms with van der Waals surface area (Å²) in [6.45, 7) is 7.27. The van der Waals surface area contributed by atoms with Gasteiger partial charge in [0.1, 0.15) is 0 Å². The third-order valence-corrected chi connectivity index (χ3v) is 6.48. The molecule has 1 aliphatic heterocycles. The fourth-order valence-electron chi connectivity index (χ4n) is 3.75. The number of benzene rings is 2. The molecule has 0 N–H and O–H groups in total. The summed E-state index contributed by atoms with van der Waals surface area (Å²) in [4.78, 5) is 9.90. The summed E-state index contributed by atoms with van der Waals surface area (Å²) in [5, 5.41) is 1.16. The highest BCUT2D eigenvalue weighted by Gasteiger charge is 2.23. The van der Waals surface area contributed by atoms with Gasteiger partial charge in [-0.15, -0.1) is 0 Å². The fourth-order valence-corrected chi connectivity index (χ4v) is 4.82. The molecule has 0 aliphatic carbocycles. The van der Waals surface area contributed by atoms with Gasteiger partial charge in [0.2, 0.25) is 0 Å². The van der Waals surface area contributed by atoms with Gasteiger partial charge >= 0.3 is 0 Å². The second-order valence-corrected chi connectivity index (χ2v) is 8.05. The number of anilines is 1. The Labute approximate surface area is 165 Å². The van der Waals surface area contributed by atoms with Crippen molar-refractivity contribution in [2.45, 2.75) is 19.4 Å². The SMILES string of the molecule is CCc1cccc2sc(N3CCN(CC(OC)c4ccccc4)CC3)nc12. The van der Waals surface area contributed by atoms with Gasteiger partial charge in [-0.05, 0) is 23.6 Å². The van der Waals surface area contributed by atoms with E-state index in [1.807, 2.05) is 11.3 Å². The number of fused-ring (bicyclic) bond motifs is 1. The fraction of sp³-hybridized carbons (Fsp3) is 0.409. The number of thiazole rings is 1. The van der Waals surface area contributed by atoms with E-state index in [0.29, 0.717) is 0 Å². The highest BCUT2D eigenvalue weighted by atomic mass is 32.1. The lowest BCUT2D eigenvalue weighted by Gasteiger charge is -2.36. The number of hydrogen-bond donors (Lipinski definition) is 0. The zero-order chi connectivity index (χ0) is 18.6. The number of rotatable bonds is 6. The number of para-hydroxylation sites is 1. The van der Waals surface area contributed by atoms with Crippen LogP contribution >= 0.6 is 11.3 Å². The molecule has 4 rings (SSSR count). The first-order valence-electron chi connectivity index (χ1n) is 9.72. The number of hydrogen-bond acceptors (Lipinski definition) is 5. The van der Waals surface area contributed by atoms with E-state index in [2.05, 4.69) is 65.3 Å². The highest BCUT2D eigenvalue weighted by Crippen LogP contribution is 2.31. The minimum atomic E-state index is 0.132. The van der Waals surface area contributed by atoms with E-state index in [1.165, 1.54) is 21.3 Å². The summed E-state index contributed by atoms with van der Waals surface area (Å²) >= 11 is 1.82. The molecule has 1 saturated heterocycles. The molecular weight excluding hydrogens is 354 g/mol. The van der Waals surface area contributed by atoms with Crippen molar-refractivity contribution in [3.8, 4) is 0 Å². The topological polar surface area (TPSA) is 28.6 Å². The summed E-state index contributed by atoms with van der Waals surface area (Å²) in [5.41, 5.74) is 3.78. The average Bonchev–Trinajstić information content (AvgIpc) is 3.17. The number of ether oxygens (including phenoxy) is 1. The molecule has 0 spiro atoms. The second kappa shape index (κ2) is 8.38. The van der Waals surface area contributed by atoms with Crippen LogP contribution in [0.1, 0.15) is 24.2 Å². The predicted molar refractivity (Wildman–Crippen MR) is 114 cm³/mol. The lowest BCUT2D eigenvalue weighted by Crippen LogP contribution is -2.47. The van der Waals surface area contributed by atoms with Gasteiger partial charge in [0, 0.05) is 39.8 Å². The average molecular weight is 382 g/mol. The van der Waals surface area contributed by atoms with Crippen molar-refractivity contribution in [3.05, 3.63) is 59.7 Å². The molecule has 0 radical (unpaired) electrons. The Morgan fingerprint density at radius 2 is 1.81 bits per heavy atom. The first-order valence-corrected chi connectivity index (χ1v) is 10.5. The summed E-state index contributed by atoms with van der Waals surface area (Å²) in [7, 11) is 1.81. The quantitative estimate of drug-likeness (QED) is 0.634. The zero-order valence-corrected chi connectivity index (χ0v) is 16.9. The molecule has 142 valence electrons. The Kier molecular flexibility index (Phi) is 5.72. The Morgan fingerprint density at radius 3 is 2.52 bits per heavy atom. The summed E-state index contributed by atoms with van der Waals surface area (Å²) in [6, 6.07) is 17.0. The normalized spacial score (nSPS) is 16.7.